The maximum atomic E-state index is 13.7. The minimum absolute atomic E-state index is 0.0288. The maximum Gasteiger partial charge on any atom is 0.269 e. The van der Waals surface area contributed by atoms with Crippen LogP contribution in [0.25, 0.3) is 11.0 Å². The highest BCUT2D eigenvalue weighted by molar-refractivity contribution is 7.90. The first-order valence-electron chi connectivity index (χ1n) is 10.5. The molecular weight excluding hydrogens is 416 g/mol. The van der Waals surface area contributed by atoms with Crippen molar-refractivity contribution in [3.8, 4) is 0 Å². The van der Waals surface area contributed by atoms with Crippen LogP contribution in [0.2, 0.25) is 0 Å². The molecule has 158 valence electrons. The summed E-state index contributed by atoms with van der Waals surface area (Å²) in [5.74, 6) is 0.492. The topological polar surface area (TPSA) is 52.0 Å². The lowest BCUT2D eigenvalue weighted by Gasteiger charge is -2.19. The van der Waals surface area contributed by atoms with Gasteiger partial charge in [-0.05, 0) is 35.4 Å². The lowest BCUT2D eigenvalue weighted by atomic mass is 9.88. The van der Waals surface area contributed by atoms with E-state index in [4.69, 9.17) is 4.98 Å². The van der Waals surface area contributed by atoms with Gasteiger partial charge in [-0.3, -0.25) is 0 Å². The van der Waals surface area contributed by atoms with Crippen molar-refractivity contribution in [2.45, 2.75) is 17.2 Å². The molecule has 0 aliphatic heterocycles. The predicted molar refractivity (Wildman–Crippen MR) is 127 cm³/mol. The van der Waals surface area contributed by atoms with Gasteiger partial charge in [0.05, 0.1) is 15.9 Å². The minimum atomic E-state index is -3.81. The first-order chi connectivity index (χ1) is 15.6. The van der Waals surface area contributed by atoms with Crippen LogP contribution in [-0.4, -0.2) is 17.4 Å². The maximum absolute atomic E-state index is 13.7. The second kappa shape index (κ2) is 8.44. The van der Waals surface area contributed by atoms with Gasteiger partial charge in [0.1, 0.15) is 5.82 Å². The quantitative estimate of drug-likeness (QED) is 0.344. The molecule has 5 aromatic rings. The van der Waals surface area contributed by atoms with Crippen molar-refractivity contribution in [2.24, 2.45) is 0 Å². The smallest absolute Gasteiger partial charge is 0.232 e. The number of para-hydroxylation sites is 2. The third kappa shape index (κ3) is 3.72. The van der Waals surface area contributed by atoms with Crippen molar-refractivity contribution in [2.75, 3.05) is 0 Å². The van der Waals surface area contributed by atoms with Crippen molar-refractivity contribution in [3.05, 3.63) is 132 Å². The molecular formula is C27H22N2O2S. The predicted octanol–water partition coefficient (Wildman–Crippen LogP) is 5.65. The molecule has 0 fully saturated rings. The summed E-state index contributed by atoms with van der Waals surface area (Å²) in [6.45, 7) is 0. The molecule has 32 heavy (non-hydrogen) atoms. The molecule has 5 rings (SSSR count). The molecule has 0 N–H and O–H groups in total. The minimum Gasteiger partial charge on any atom is -0.232 e. The average Bonchev–Trinajstić information content (AvgIpc) is 3.23. The van der Waals surface area contributed by atoms with Crippen LogP contribution in [0.1, 0.15) is 22.9 Å². The van der Waals surface area contributed by atoms with E-state index in [0.717, 1.165) is 11.1 Å². The Labute approximate surface area is 187 Å². The zero-order chi connectivity index (χ0) is 22.0. The van der Waals surface area contributed by atoms with E-state index in [1.807, 2.05) is 66.7 Å². The van der Waals surface area contributed by atoms with Crippen LogP contribution >= 0.6 is 0 Å². The fourth-order valence-electron chi connectivity index (χ4n) is 4.13. The van der Waals surface area contributed by atoms with Crippen molar-refractivity contribution < 1.29 is 8.42 Å². The summed E-state index contributed by atoms with van der Waals surface area (Å²) in [4.78, 5) is 5.03. The third-order valence-electron chi connectivity index (χ3n) is 5.66. The van der Waals surface area contributed by atoms with Crippen molar-refractivity contribution in [3.63, 3.8) is 0 Å². The Morgan fingerprint density at radius 1 is 0.656 bits per heavy atom. The standard InChI is InChI=1S/C27H22N2O2S/c30-32(31,23-16-8-3-9-17-23)29-26-19-11-10-18-25(26)28-27(29)20-24(21-12-4-1-5-13-21)22-14-6-2-7-15-22/h1-19,24H,20H2. The van der Waals surface area contributed by atoms with Gasteiger partial charge in [-0.2, -0.15) is 0 Å². The Bertz CT molecular complexity index is 1410. The molecule has 5 heteroatoms. The summed E-state index contributed by atoms with van der Waals surface area (Å²) in [7, 11) is -3.81. The number of imidazole rings is 1. The number of rotatable bonds is 6. The summed E-state index contributed by atoms with van der Waals surface area (Å²) in [6.07, 6.45) is 0.453. The van der Waals surface area contributed by atoms with E-state index in [1.54, 1.807) is 24.3 Å². The lowest BCUT2D eigenvalue weighted by molar-refractivity contribution is 0.584. The molecule has 0 bridgehead atoms. The van der Waals surface area contributed by atoms with Crippen molar-refractivity contribution in [1.29, 1.82) is 0 Å². The van der Waals surface area contributed by atoms with Gasteiger partial charge in [-0.1, -0.05) is 91.0 Å². The van der Waals surface area contributed by atoms with E-state index < -0.39 is 10.0 Å². The molecule has 1 heterocycles. The largest absolute Gasteiger partial charge is 0.269 e. The van der Waals surface area contributed by atoms with Gasteiger partial charge in [-0.15, -0.1) is 0 Å². The Kier molecular flexibility index (Phi) is 5.33. The molecule has 4 aromatic carbocycles. The highest BCUT2D eigenvalue weighted by Gasteiger charge is 2.26. The third-order valence-corrected chi connectivity index (χ3v) is 7.41. The molecule has 0 amide bonds. The van der Waals surface area contributed by atoms with Gasteiger partial charge in [0.25, 0.3) is 10.0 Å². The van der Waals surface area contributed by atoms with Gasteiger partial charge in [-0.25, -0.2) is 17.4 Å². The van der Waals surface area contributed by atoms with Gasteiger partial charge >= 0.3 is 0 Å². The van der Waals surface area contributed by atoms with E-state index in [2.05, 4.69) is 24.3 Å². The SMILES string of the molecule is O=S(=O)(c1ccccc1)n1c(CC(c2ccccc2)c2ccccc2)nc2ccccc21. The van der Waals surface area contributed by atoms with E-state index in [9.17, 15) is 8.42 Å². The number of fused-ring (bicyclic) bond motifs is 1. The molecule has 0 saturated carbocycles. The number of aromatic nitrogens is 2. The molecule has 0 unspecified atom stereocenters. The average molecular weight is 439 g/mol. The van der Waals surface area contributed by atoms with Crippen LogP contribution in [0.3, 0.4) is 0 Å². The molecule has 0 saturated heterocycles. The Balaban J connectivity index is 1.70. The monoisotopic (exact) mass is 438 g/mol. The first kappa shape index (κ1) is 20.2. The lowest BCUT2D eigenvalue weighted by Crippen LogP contribution is -2.18. The number of benzene rings is 4. The van der Waals surface area contributed by atoms with Gasteiger partial charge in [0, 0.05) is 12.3 Å². The molecule has 4 nitrogen and oxygen atoms in total. The van der Waals surface area contributed by atoms with Crippen LogP contribution < -0.4 is 0 Å². The first-order valence-corrected chi connectivity index (χ1v) is 12.0. The highest BCUT2D eigenvalue weighted by Crippen LogP contribution is 2.31. The molecule has 1 aromatic heterocycles. The van der Waals surface area contributed by atoms with Crippen LogP contribution in [-0.2, 0) is 16.4 Å². The molecule has 0 spiro atoms. The van der Waals surface area contributed by atoms with E-state index in [-0.39, 0.29) is 10.8 Å². The number of hydrogen-bond donors (Lipinski definition) is 0. The van der Waals surface area contributed by atoms with Gasteiger partial charge in [0.15, 0.2) is 0 Å². The molecule has 0 aliphatic rings. The molecule has 0 aliphatic carbocycles. The van der Waals surface area contributed by atoms with Gasteiger partial charge < -0.3 is 0 Å². The van der Waals surface area contributed by atoms with Crippen LogP contribution in [0.15, 0.2) is 120 Å². The Morgan fingerprint density at radius 3 is 1.75 bits per heavy atom. The second-order valence-electron chi connectivity index (χ2n) is 7.68. The normalized spacial score (nSPS) is 11.8. The molecule has 0 radical (unpaired) electrons. The fourth-order valence-corrected chi connectivity index (χ4v) is 5.65. The zero-order valence-electron chi connectivity index (χ0n) is 17.4. The van der Waals surface area contributed by atoms with E-state index in [0.29, 0.717) is 23.3 Å². The molecule has 0 atom stereocenters. The van der Waals surface area contributed by atoms with Gasteiger partial charge in [0.2, 0.25) is 0 Å². The number of nitrogens with zero attached hydrogens (tertiary/aromatic N) is 2. The number of hydrogen-bond acceptors (Lipinski definition) is 3. The summed E-state index contributed by atoms with van der Waals surface area (Å²) in [5, 5.41) is 0. The Hall–Kier alpha value is -3.70. The summed E-state index contributed by atoms with van der Waals surface area (Å²) < 4.78 is 28.8. The zero-order valence-corrected chi connectivity index (χ0v) is 18.2. The summed E-state index contributed by atoms with van der Waals surface area (Å²) in [5.41, 5.74) is 3.50. The summed E-state index contributed by atoms with van der Waals surface area (Å²) >= 11 is 0. The van der Waals surface area contributed by atoms with Crippen molar-refractivity contribution in [1.82, 2.24) is 8.96 Å². The van der Waals surface area contributed by atoms with Crippen LogP contribution in [0, 0.1) is 0 Å². The van der Waals surface area contributed by atoms with Crippen molar-refractivity contribution >= 4 is 21.1 Å². The second-order valence-corrected chi connectivity index (χ2v) is 9.46. The summed E-state index contributed by atoms with van der Waals surface area (Å²) in [6, 6.07) is 36.3. The highest BCUT2D eigenvalue weighted by atomic mass is 32.2. The van der Waals surface area contributed by atoms with Crippen LogP contribution in [0.4, 0.5) is 0 Å². The van der Waals surface area contributed by atoms with E-state index >= 15 is 0 Å². The van der Waals surface area contributed by atoms with E-state index in [1.165, 1.54) is 3.97 Å². The Morgan fingerprint density at radius 2 is 1.16 bits per heavy atom. The van der Waals surface area contributed by atoms with Crippen LogP contribution in [0.5, 0.6) is 0 Å². The fraction of sp³-hybridized carbons (Fsp3) is 0.0741.